The van der Waals surface area contributed by atoms with E-state index < -0.39 is 6.10 Å². The Labute approximate surface area is 145 Å². The summed E-state index contributed by atoms with van der Waals surface area (Å²) < 4.78 is 5.75. The van der Waals surface area contributed by atoms with Crippen LogP contribution in [-0.4, -0.2) is 55.4 Å². The van der Waals surface area contributed by atoms with Crippen molar-refractivity contribution in [2.24, 2.45) is 0 Å². The van der Waals surface area contributed by atoms with Gasteiger partial charge in [0.2, 0.25) is 0 Å². The lowest BCUT2D eigenvalue weighted by atomic mass is 10.1. The molecular formula is C16H26Cl2N2O2. The van der Waals surface area contributed by atoms with Crippen LogP contribution >= 0.6 is 24.8 Å². The van der Waals surface area contributed by atoms with Gasteiger partial charge in [-0.1, -0.05) is 24.3 Å². The maximum absolute atomic E-state index is 10.1. The van der Waals surface area contributed by atoms with Gasteiger partial charge >= 0.3 is 0 Å². The third-order valence-corrected chi connectivity index (χ3v) is 3.45. The Balaban J connectivity index is 0.00000220. The molecule has 0 spiro atoms. The number of piperazine rings is 1. The summed E-state index contributed by atoms with van der Waals surface area (Å²) in [6.07, 6.45) is 2.19. The SMILES string of the molecule is C=CCc1ccccc1OCC(O)CN1CCNCC1.Cl.Cl. The van der Waals surface area contributed by atoms with Crippen LogP contribution in [0.4, 0.5) is 0 Å². The minimum atomic E-state index is -0.454. The number of hydrogen-bond acceptors (Lipinski definition) is 4. The number of ether oxygens (including phenoxy) is 1. The maximum Gasteiger partial charge on any atom is 0.122 e. The van der Waals surface area contributed by atoms with Crippen molar-refractivity contribution in [1.29, 1.82) is 0 Å². The molecule has 1 aromatic rings. The molecule has 0 aromatic heterocycles. The van der Waals surface area contributed by atoms with Crippen molar-refractivity contribution in [2.45, 2.75) is 12.5 Å². The summed E-state index contributed by atoms with van der Waals surface area (Å²) in [7, 11) is 0. The van der Waals surface area contributed by atoms with Crippen molar-refractivity contribution in [2.75, 3.05) is 39.3 Å². The molecule has 1 heterocycles. The first-order valence-electron chi connectivity index (χ1n) is 7.22. The van der Waals surface area contributed by atoms with Gasteiger partial charge < -0.3 is 15.2 Å². The molecule has 1 aliphatic rings. The van der Waals surface area contributed by atoms with Crippen LogP contribution in [0, 0.1) is 0 Å². The van der Waals surface area contributed by atoms with E-state index in [2.05, 4.69) is 16.8 Å². The summed E-state index contributed by atoms with van der Waals surface area (Å²) in [6.45, 7) is 8.73. The van der Waals surface area contributed by atoms with Crippen LogP contribution in [0.1, 0.15) is 5.56 Å². The Kier molecular flexibility index (Phi) is 11.3. The Bertz CT molecular complexity index is 426. The number of aliphatic hydroxyl groups excluding tert-OH is 1. The summed E-state index contributed by atoms with van der Waals surface area (Å²) in [5.41, 5.74) is 1.11. The lowest BCUT2D eigenvalue weighted by Gasteiger charge is -2.29. The largest absolute Gasteiger partial charge is 0.491 e. The van der Waals surface area contributed by atoms with E-state index >= 15 is 0 Å². The number of β-amino-alcohol motifs (C(OH)–C–C–N with tert-alkyl or cyclic N) is 1. The second kappa shape index (κ2) is 11.7. The van der Waals surface area contributed by atoms with Gasteiger partial charge in [0.05, 0.1) is 0 Å². The summed E-state index contributed by atoms with van der Waals surface area (Å²) in [6, 6.07) is 7.91. The molecule has 2 rings (SSSR count). The van der Waals surface area contributed by atoms with Gasteiger partial charge in [0, 0.05) is 32.7 Å². The Morgan fingerprint density at radius 3 is 2.64 bits per heavy atom. The molecule has 4 nitrogen and oxygen atoms in total. The molecule has 0 radical (unpaired) electrons. The number of allylic oxidation sites excluding steroid dienone is 1. The van der Waals surface area contributed by atoms with E-state index in [-0.39, 0.29) is 24.8 Å². The molecule has 1 unspecified atom stereocenters. The predicted octanol–water partition coefficient (Wildman–Crippen LogP) is 1.90. The molecule has 0 saturated carbocycles. The quantitative estimate of drug-likeness (QED) is 0.738. The molecule has 2 N–H and O–H groups in total. The molecule has 0 aliphatic carbocycles. The molecule has 1 aromatic carbocycles. The third-order valence-electron chi connectivity index (χ3n) is 3.45. The number of nitrogens with one attached hydrogen (secondary N) is 1. The lowest BCUT2D eigenvalue weighted by molar-refractivity contribution is 0.0638. The fraction of sp³-hybridized carbons (Fsp3) is 0.500. The predicted molar refractivity (Wildman–Crippen MR) is 95.7 cm³/mol. The van der Waals surface area contributed by atoms with E-state index in [1.807, 2.05) is 30.3 Å². The van der Waals surface area contributed by atoms with E-state index in [0.717, 1.165) is 43.9 Å². The highest BCUT2D eigenvalue weighted by atomic mass is 35.5. The zero-order chi connectivity index (χ0) is 14.2. The van der Waals surface area contributed by atoms with Gasteiger partial charge in [-0.3, -0.25) is 4.90 Å². The minimum absolute atomic E-state index is 0. The molecule has 1 fully saturated rings. The molecule has 1 atom stereocenters. The second-order valence-corrected chi connectivity index (χ2v) is 5.12. The molecule has 0 bridgehead atoms. The van der Waals surface area contributed by atoms with Crippen molar-refractivity contribution in [3.63, 3.8) is 0 Å². The highest BCUT2D eigenvalue weighted by molar-refractivity contribution is 5.85. The fourth-order valence-corrected chi connectivity index (χ4v) is 2.40. The molecule has 1 aliphatic heterocycles. The number of rotatable bonds is 7. The average molecular weight is 349 g/mol. The van der Waals surface area contributed by atoms with Crippen molar-refractivity contribution < 1.29 is 9.84 Å². The van der Waals surface area contributed by atoms with Crippen LogP contribution in [0.15, 0.2) is 36.9 Å². The maximum atomic E-state index is 10.1. The number of para-hydroxylation sites is 1. The van der Waals surface area contributed by atoms with Crippen LogP contribution < -0.4 is 10.1 Å². The zero-order valence-corrected chi connectivity index (χ0v) is 14.4. The number of halogens is 2. The van der Waals surface area contributed by atoms with Gasteiger partial charge in [-0.25, -0.2) is 0 Å². The summed E-state index contributed by atoms with van der Waals surface area (Å²) in [5, 5.41) is 13.4. The molecule has 22 heavy (non-hydrogen) atoms. The molecular weight excluding hydrogens is 323 g/mol. The zero-order valence-electron chi connectivity index (χ0n) is 12.7. The van der Waals surface area contributed by atoms with Crippen LogP contribution in [-0.2, 0) is 6.42 Å². The van der Waals surface area contributed by atoms with Gasteiger partial charge in [0.15, 0.2) is 0 Å². The van der Waals surface area contributed by atoms with E-state index in [1.54, 1.807) is 0 Å². The third kappa shape index (κ3) is 6.99. The second-order valence-electron chi connectivity index (χ2n) is 5.12. The van der Waals surface area contributed by atoms with Crippen molar-refractivity contribution in [3.05, 3.63) is 42.5 Å². The topological polar surface area (TPSA) is 44.7 Å². The lowest BCUT2D eigenvalue weighted by Crippen LogP contribution is -2.47. The van der Waals surface area contributed by atoms with Crippen LogP contribution in [0.5, 0.6) is 5.75 Å². The molecule has 126 valence electrons. The smallest absolute Gasteiger partial charge is 0.122 e. The summed E-state index contributed by atoms with van der Waals surface area (Å²) in [5.74, 6) is 0.840. The van der Waals surface area contributed by atoms with Gasteiger partial charge in [0.1, 0.15) is 18.5 Å². The highest BCUT2D eigenvalue weighted by Crippen LogP contribution is 2.18. The average Bonchev–Trinajstić information content (AvgIpc) is 2.48. The Morgan fingerprint density at radius 2 is 1.95 bits per heavy atom. The van der Waals surface area contributed by atoms with Crippen LogP contribution in [0.3, 0.4) is 0 Å². The van der Waals surface area contributed by atoms with Crippen molar-refractivity contribution in [3.8, 4) is 5.75 Å². The van der Waals surface area contributed by atoms with Gasteiger partial charge in [0.25, 0.3) is 0 Å². The van der Waals surface area contributed by atoms with E-state index in [0.29, 0.717) is 13.2 Å². The molecule has 0 amide bonds. The number of hydrogen-bond donors (Lipinski definition) is 2. The molecule has 1 saturated heterocycles. The van der Waals surface area contributed by atoms with Crippen LogP contribution in [0.25, 0.3) is 0 Å². The standard InChI is InChI=1S/C16H24N2O2.2ClH/c1-2-5-14-6-3-4-7-16(14)20-13-15(19)12-18-10-8-17-9-11-18;;/h2-4,6-7,15,17,19H,1,5,8-13H2;2*1H. The normalized spacial score (nSPS) is 16.0. The van der Waals surface area contributed by atoms with E-state index in [4.69, 9.17) is 4.74 Å². The number of benzene rings is 1. The van der Waals surface area contributed by atoms with Gasteiger partial charge in [-0.05, 0) is 18.1 Å². The van der Waals surface area contributed by atoms with E-state index in [9.17, 15) is 5.11 Å². The summed E-state index contributed by atoms with van der Waals surface area (Å²) >= 11 is 0. The fourth-order valence-electron chi connectivity index (χ4n) is 2.40. The van der Waals surface area contributed by atoms with Crippen LogP contribution in [0.2, 0.25) is 0 Å². The minimum Gasteiger partial charge on any atom is -0.491 e. The first-order chi connectivity index (χ1) is 9.79. The van der Waals surface area contributed by atoms with Gasteiger partial charge in [-0.2, -0.15) is 0 Å². The number of nitrogens with zero attached hydrogens (tertiary/aromatic N) is 1. The Hall–Kier alpha value is -0.780. The number of aliphatic hydroxyl groups is 1. The first-order valence-corrected chi connectivity index (χ1v) is 7.22. The first kappa shape index (κ1) is 21.2. The molecule has 6 heteroatoms. The summed E-state index contributed by atoms with van der Waals surface area (Å²) in [4.78, 5) is 2.26. The van der Waals surface area contributed by atoms with Crippen molar-refractivity contribution in [1.82, 2.24) is 10.2 Å². The highest BCUT2D eigenvalue weighted by Gasteiger charge is 2.15. The Morgan fingerprint density at radius 1 is 1.27 bits per heavy atom. The van der Waals surface area contributed by atoms with Crippen molar-refractivity contribution >= 4 is 24.8 Å². The van der Waals surface area contributed by atoms with E-state index in [1.165, 1.54) is 0 Å². The monoisotopic (exact) mass is 348 g/mol. The van der Waals surface area contributed by atoms with Gasteiger partial charge in [-0.15, -0.1) is 31.4 Å².